The molecule has 3 rings (SSSR count). The molecule has 27 heavy (non-hydrogen) atoms. The highest BCUT2D eigenvalue weighted by Crippen LogP contribution is 2.22. The molecular formula is C20H22N4O3. The van der Waals surface area contributed by atoms with E-state index in [4.69, 9.17) is 5.73 Å². The number of carbonyl (C=O) groups excluding carboxylic acids is 3. The van der Waals surface area contributed by atoms with E-state index in [1.165, 1.54) is 11.1 Å². The third-order valence-electron chi connectivity index (χ3n) is 4.58. The summed E-state index contributed by atoms with van der Waals surface area (Å²) in [5, 5.41) is 2.54. The number of hydrazine groups is 1. The first-order valence-electron chi connectivity index (χ1n) is 8.85. The molecule has 0 heterocycles. The summed E-state index contributed by atoms with van der Waals surface area (Å²) in [6.07, 6.45) is 3.06. The summed E-state index contributed by atoms with van der Waals surface area (Å²) in [6, 6.07) is 13.3. The lowest BCUT2D eigenvalue weighted by atomic mass is 10.0. The summed E-state index contributed by atoms with van der Waals surface area (Å²) >= 11 is 0. The average Bonchev–Trinajstić information content (AvgIpc) is 3.13. The van der Waals surface area contributed by atoms with Gasteiger partial charge in [-0.3, -0.25) is 20.4 Å². The van der Waals surface area contributed by atoms with Gasteiger partial charge in [-0.25, -0.2) is 4.79 Å². The number of aryl methyl sites for hydroxylation is 2. The first-order chi connectivity index (χ1) is 13.0. The second kappa shape index (κ2) is 8.35. The fraction of sp³-hybridized carbons (Fsp3) is 0.250. The molecular weight excluding hydrogens is 344 g/mol. The molecule has 0 aliphatic heterocycles. The lowest BCUT2D eigenvalue weighted by Gasteiger charge is -2.18. The zero-order valence-corrected chi connectivity index (χ0v) is 14.8. The Morgan fingerprint density at radius 3 is 2.44 bits per heavy atom. The normalized spacial score (nSPS) is 13.3. The van der Waals surface area contributed by atoms with Crippen LogP contribution in [0.15, 0.2) is 48.5 Å². The third-order valence-corrected chi connectivity index (χ3v) is 4.58. The minimum absolute atomic E-state index is 0.0581. The molecule has 7 nitrogen and oxygen atoms in total. The molecule has 0 bridgehead atoms. The lowest BCUT2D eigenvalue weighted by Crippen LogP contribution is -2.44. The second-order valence-corrected chi connectivity index (χ2v) is 6.52. The predicted octanol–water partition coefficient (Wildman–Crippen LogP) is 1.74. The van der Waals surface area contributed by atoms with Gasteiger partial charge in [-0.05, 0) is 48.1 Å². The third kappa shape index (κ3) is 4.84. The zero-order chi connectivity index (χ0) is 19.2. The van der Waals surface area contributed by atoms with E-state index >= 15 is 0 Å². The molecule has 1 aliphatic carbocycles. The first-order valence-corrected chi connectivity index (χ1v) is 8.85. The van der Waals surface area contributed by atoms with Crippen LogP contribution in [0.3, 0.4) is 0 Å². The summed E-state index contributed by atoms with van der Waals surface area (Å²) in [4.78, 5) is 35.7. The summed E-state index contributed by atoms with van der Waals surface area (Å²) in [5.41, 5.74) is 13.7. The molecule has 140 valence electrons. The van der Waals surface area contributed by atoms with E-state index in [9.17, 15) is 14.4 Å². The number of hydrogen-bond donors (Lipinski definition) is 4. The van der Waals surface area contributed by atoms with Gasteiger partial charge in [0.25, 0.3) is 5.91 Å². The average molecular weight is 366 g/mol. The number of carbonyl (C=O) groups is 3. The van der Waals surface area contributed by atoms with E-state index in [1.54, 1.807) is 30.3 Å². The van der Waals surface area contributed by atoms with Crippen molar-refractivity contribution < 1.29 is 14.4 Å². The molecule has 0 saturated carbocycles. The van der Waals surface area contributed by atoms with Crippen LogP contribution in [0.25, 0.3) is 0 Å². The Bertz CT molecular complexity index is 852. The Morgan fingerprint density at radius 2 is 1.70 bits per heavy atom. The van der Waals surface area contributed by atoms with Crippen molar-refractivity contribution >= 4 is 17.8 Å². The number of hydrogen-bond acceptors (Lipinski definition) is 3. The van der Waals surface area contributed by atoms with Crippen LogP contribution < -0.4 is 21.9 Å². The Morgan fingerprint density at radius 1 is 0.963 bits per heavy atom. The van der Waals surface area contributed by atoms with Crippen LogP contribution in [0.1, 0.15) is 45.9 Å². The molecule has 0 radical (unpaired) electrons. The number of nitrogens with one attached hydrogen (secondary N) is 3. The molecule has 5 N–H and O–H groups in total. The van der Waals surface area contributed by atoms with Crippen molar-refractivity contribution in [3.8, 4) is 0 Å². The van der Waals surface area contributed by atoms with E-state index < -0.39 is 18.0 Å². The Balaban J connectivity index is 1.57. The number of benzene rings is 2. The van der Waals surface area contributed by atoms with Gasteiger partial charge in [-0.15, -0.1) is 0 Å². The van der Waals surface area contributed by atoms with Crippen molar-refractivity contribution in [1.82, 2.24) is 16.2 Å². The van der Waals surface area contributed by atoms with Crippen molar-refractivity contribution in [2.24, 2.45) is 5.73 Å². The van der Waals surface area contributed by atoms with Gasteiger partial charge in [0.05, 0.1) is 12.5 Å². The maximum atomic E-state index is 12.3. The van der Waals surface area contributed by atoms with E-state index in [-0.39, 0.29) is 12.3 Å². The number of amides is 4. The monoisotopic (exact) mass is 366 g/mol. The zero-order valence-electron chi connectivity index (χ0n) is 14.8. The Labute approximate surface area is 157 Å². The molecule has 0 fully saturated rings. The molecule has 0 aromatic heterocycles. The van der Waals surface area contributed by atoms with Crippen molar-refractivity contribution in [3.05, 3.63) is 70.8 Å². The smallest absolute Gasteiger partial charge is 0.312 e. The van der Waals surface area contributed by atoms with Crippen molar-refractivity contribution in [2.45, 2.75) is 31.7 Å². The molecule has 1 aliphatic rings. The van der Waals surface area contributed by atoms with E-state index in [0.29, 0.717) is 5.56 Å². The van der Waals surface area contributed by atoms with Gasteiger partial charge >= 0.3 is 6.03 Å². The highest BCUT2D eigenvalue weighted by atomic mass is 16.2. The molecule has 2 aromatic carbocycles. The molecule has 0 saturated heterocycles. The summed E-state index contributed by atoms with van der Waals surface area (Å²) < 4.78 is 0. The largest absolute Gasteiger partial charge is 0.352 e. The maximum absolute atomic E-state index is 12.3. The number of primary amides is 1. The number of fused-ring (bicyclic) bond motifs is 1. The SMILES string of the molecule is NC(=O)N[C@H](CC(=O)NNC(=O)c1ccc2c(c1)CCC2)c1ccccc1. The summed E-state index contributed by atoms with van der Waals surface area (Å²) in [6.45, 7) is 0. The molecule has 0 spiro atoms. The maximum Gasteiger partial charge on any atom is 0.312 e. The lowest BCUT2D eigenvalue weighted by molar-refractivity contribution is -0.122. The van der Waals surface area contributed by atoms with Gasteiger partial charge in [0.2, 0.25) is 5.91 Å². The molecule has 2 aromatic rings. The van der Waals surface area contributed by atoms with Crippen LogP contribution in [-0.2, 0) is 17.6 Å². The van der Waals surface area contributed by atoms with Gasteiger partial charge in [-0.1, -0.05) is 36.4 Å². The quantitative estimate of drug-likeness (QED) is 0.604. The first kappa shape index (κ1) is 18.4. The predicted molar refractivity (Wildman–Crippen MR) is 101 cm³/mol. The highest BCUT2D eigenvalue weighted by molar-refractivity contribution is 5.95. The topological polar surface area (TPSA) is 113 Å². The van der Waals surface area contributed by atoms with Gasteiger partial charge in [0, 0.05) is 5.56 Å². The van der Waals surface area contributed by atoms with Crippen molar-refractivity contribution in [2.75, 3.05) is 0 Å². The second-order valence-electron chi connectivity index (χ2n) is 6.52. The minimum atomic E-state index is -0.723. The highest BCUT2D eigenvalue weighted by Gasteiger charge is 2.18. The van der Waals surface area contributed by atoms with Crippen LogP contribution >= 0.6 is 0 Å². The number of urea groups is 1. The van der Waals surface area contributed by atoms with Crippen molar-refractivity contribution in [3.63, 3.8) is 0 Å². The van der Waals surface area contributed by atoms with Gasteiger partial charge in [0.1, 0.15) is 0 Å². The summed E-state index contributed by atoms with van der Waals surface area (Å²) in [7, 11) is 0. The molecule has 4 amide bonds. The van der Waals surface area contributed by atoms with Crippen LogP contribution in [0.5, 0.6) is 0 Å². The van der Waals surface area contributed by atoms with Crippen LogP contribution in [0.4, 0.5) is 4.79 Å². The Hall–Kier alpha value is -3.35. The van der Waals surface area contributed by atoms with Gasteiger partial charge < -0.3 is 11.1 Å². The molecule has 7 heteroatoms. The minimum Gasteiger partial charge on any atom is -0.352 e. The van der Waals surface area contributed by atoms with E-state index in [2.05, 4.69) is 16.2 Å². The van der Waals surface area contributed by atoms with Crippen LogP contribution in [0, 0.1) is 0 Å². The van der Waals surface area contributed by atoms with E-state index in [1.807, 2.05) is 18.2 Å². The Kier molecular flexibility index (Phi) is 5.71. The fourth-order valence-corrected chi connectivity index (χ4v) is 3.26. The van der Waals surface area contributed by atoms with Gasteiger partial charge in [0.15, 0.2) is 0 Å². The number of nitrogens with two attached hydrogens (primary N) is 1. The standard InChI is InChI=1S/C20H22N4O3/c21-20(27)22-17(14-5-2-1-3-6-14)12-18(25)23-24-19(26)16-10-9-13-7-4-8-15(13)11-16/h1-3,5-6,9-11,17H,4,7-8,12H2,(H,23,25)(H,24,26)(H3,21,22,27)/t17-/m1/s1. The van der Waals surface area contributed by atoms with Crippen LogP contribution in [-0.4, -0.2) is 17.8 Å². The number of rotatable bonds is 5. The van der Waals surface area contributed by atoms with Crippen molar-refractivity contribution in [1.29, 1.82) is 0 Å². The molecule has 1 atom stereocenters. The summed E-state index contributed by atoms with van der Waals surface area (Å²) in [5.74, 6) is -0.815. The molecule has 0 unspecified atom stereocenters. The fourth-order valence-electron chi connectivity index (χ4n) is 3.26. The van der Waals surface area contributed by atoms with Crippen LogP contribution in [0.2, 0.25) is 0 Å². The van der Waals surface area contributed by atoms with Gasteiger partial charge in [-0.2, -0.15) is 0 Å². The van der Waals surface area contributed by atoms with E-state index in [0.717, 1.165) is 24.8 Å².